The minimum Gasteiger partial charge on any atom is -0.352 e. The van der Waals surface area contributed by atoms with Gasteiger partial charge in [0.1, 0.15) is 0 Å². The van der Waals surface area contributed by atoms with Crippen molar-refractivity contribution < 1.29 is 9.59 Å². The number of carbonyl (C=O) groups excluding carboxylic acids is 2. The van der Waals surface area contributed by atoms with Crippen LogP contribution in [-0.4, -0.2) is 35.3 Å². The molecule has 2 saturated carbocycles. The van der Waals surface area contributed by atoms with Crippen molar-refractivity contribution in [1.82, 2.24) is 10.2 Å². The van der Waals surface area contributed by atoms with Crippen molar-refractivity contribution in [2.75, 3.05) is 6.54 Å². The van der Waals surface area contributed by atoms with E-state index in [0.29, 0.717) is 42.9 Å². The first-order valence-corrected chi connectivity index (χ1v) is 9.40. The summed E-state index contributed by atoms with van der Waals surface area (Å²) in [5, 5.41) is 2.91. The molecule has 1 N–H and O–H groups in total. The molecular weight excluding hydrogens is 300 g/mol. The van der Waals surface area contributed by atoms with Crippen molar-refractivity contribution in [1.29, 1.82) is 0 Å². The van der Waals surface area contributed by atoms with Crippen molar-refractivity contribution in [3.05, 3.63) is 35.9 Å². The highest BCUT2D eigenvalue weighted by Gasteiger charge is 2.37. The zero-order chi connectivity index (χ0) is 16.8. The first-order chi connectivity index (χ1) is 11.8. The standard InChI is InChI=1S/C20H28N2O2/c23-19(22(18-13-14-18)17-10-5-2-6-11-17)12-7-15-21-20(24)16-8-3-1-4-9-16/h1,3-4,8-9,17-18H,2,5-7,10-15H2,(H,21,24). The van der Waals surface area contributed by atoms with Gasteiger partial charge >= 0.3 is 0 Å². The molecule has 0 atom stereocenters. The van der Waals surface area contributed by atoms with E-state index in [1.807, 2.05) is 18.2 Å². The van der Waals surface area contributed by atoms with Gasteiger partial charge in [-0.2, -0.15) is 0 Å². The monoisotopic (exact) mass is 328 g/mol. The molecular formula is C20H28N2O2. The second-order valence-corrected chi connectivity index (χ2v) is 7.05. The highest BCUT2D eigenvalue weighted by molar-refractivity contribution is 5.94. The van der Waals surface area contributed by atoms with Gasteiger partial charge in [0.2, 0.25) is 5.91 Å². The van der Waals surface area contributed by atoms with Gasteiger partial charge < -0.3 is 10.2 Å². The molecule has 130 valence electrons. The summed E-state index contributed by atoms with van der Waals surface area (Å²) >= 11 is 0. The summed E-state index contributed by atoms with van der Waals surface area (Å²) in [6.07, 6.45) is 9.78. The fourth-order valence-electron chi connectivity index (χ4n) is 3.68. The summed E-state index contributed by atoms with van der Waals surface area (Å²) in [6.45, 7) is 0.558. The van der Waals surface area contributed by atoms with Crippen LogP contribution >= 0.6 is 0 Å². The van der Waals surface area contributed by atoms with Crippen molar-refractivity contribution in [3.63, 3.8) is 0 Å². The Hall–Kier alpha value is -1.84. The zero-order valence-electron chi connectivity index (χ0n) is 14.4. The molecule has 2 amide bonds. The molecule has 0 heterocycles. The predicted octanol–water partition coefficient (Wildman–Crippen LogP) is 3.52. The Morgan fingerprint density at radius 1 is 0.958 bits per heavy atom. The number of hydrogen-bond acceptors (Lipinski definition) is 2. The van der Waals surface area contributed by atoms with Gasteiger partial charge in [-0.1, -0.05) is 37.5 Å². The van der Waals surface area contributed by atoms with Crippen molar-refractivity contribution in [3.8, 4) is 0 Å². The van der Waals surface area contributed by atoms with Gasteiger partial charge in [-0.15, -0.1) is 0 Å². The lowest BCUT2D eigenvalue weighted by Gasteiger charge is -2.34. The van der Waals surface area contributed by atoms with Crippen LogP contribution in [0.5, 0.6) is 0 Å². The number of amides is 2. The van der Waals surface area contributed by atoms with Crippen molar-refractivity contribution >= 4 is 11.8 Å². The van der Waals surface area contributed by atoms with Crippen LogP contribution in [0.15, 0.2) is 30.3 Å². The Kier molecular flexibility index (Phi) is 5.89. The van der Waals surface area contributed by atoms with E-state index >= 15 is 0 Å². The van der Waals surface area contributed by atoms with Crippen LogP contribution in [0.25, 0.3) is 0 Å². The van der Waals surface area contributed by atoms with Gasteiger partial charge in [0, 0.05) is 30.6 Å². The number of benzene rings is 1. The Morgan fingerprint density at radius 2 is 1.62 bits per heavy atom. The van der Waals surface area contributed by atoms with Crippen LogP contribution in [0.3, 0.4) is 0 Å². The SMILES string of the molecule is O=C(NCCCC(=O)N(C1CCCCC1)C1CC1)c1ccccc1. The van der Waals surface area contributed by atoms with Gasteiger partial charge in [-0.3, -0.25) is 9.59 Å². The average Bonchev–Trinajstić information content (AvgIpc) is 3.45. The highest BCUT2D eigenvalue weighted by Crippen LogP contribution is 2.34. The van der Waals surface area contributed by atoms with Crippen LogP contribution in [0.4, 0.5) is 0 Å². The van der Waals surface area contributed by atoms with Crippen LogP contribution in [0.1, 0.15) is 68.1 Å². The van der Waals surface area contributed by atoms with E-state index in [9.17, 15) is 9.59 Å². The van der Waals surface area contributed by atoms with Crippen LogP contribution in [-0.2, 0) is 4.79 Å². The van der Waals surface area contributed by atoms with Gasteiger partial charge in [0.25, 0.3) is 5.91 Å². The maximum absolute atomic E-state index is 12.7. The molecule has 0 saturated heterocycles. The van der Waals surface area contributed by atoms with Crippen LogP contribution < -0.4 is 5.32 Å². The third-order valence-electron chi connectivity index (χ3n) is 5.09. The molecule has 0 aliphatic heterocycles. The maximum Gasteiger partial charge on any atom is 0.251 e. The van der Waals surface area contributed by atoms with Crippen molar-refractivity contribution in [2.24, 2.45) is 0 Å². The van der Waals surface area contributed by atoms with E-state index in [1.54, 1.807) is 12.1 Å². The van der Waals surface area contributed by atoms with E-state index in [0.717, 1.165) is 0 Å². The van der Waals surface area contributed by atoms with Gasteiger partial charge in [-0.05, 0) is 44.2 Å². The fourth-order valence-corrected chi connectivity index (χ4v) is 3.68. The van der Waals surface area contributed by atoms with E-state index in [-0.39, 0.29) is 5.91 Å². The molecule has 2 fully saturated rings. The molecule has 24 heavy (non-hydrogen) atoms. The Bertz CT molecular complexity index is 548. The lowest BCUT2D eigenvalue weighted by Crippen LogP contribution is -2.43. The molecule has 0 bridgehead atoms. The molecule has 4 nitrogen and oxygen atoms in total. The number of carbonyl (C=O) groups is 2. The third-order valence-corrected chi connectivity index (χ3v) is 5.09. The average molecular weight is 328 g/mol. The number of nitrogens with zero attached hydrogens (tertiary/aromatic N) is 1. The summed E-state index contributed by atoms with van der Waals surface area (Å²) < 4.78 is 0. The van der Waals surface area contributed by atoms with E-state index in [4.69, 9.17) is 0 Å². The molecule has 0 unspecified atom stereocenters. The molecule has 1 aromatic carbocycles. The Labute approximate surface area is 144 Å². The second-order valence-electron chi connectivity index (χ2n) is 7.05. The lowest BCUT2D eigenvalue weighted by atomic mass is 9.93. The largest absolute Gasteiger partial charge is 0.352 e. The van der Waals surface area contributed by atoms with Crippen LogP contribution in [0.2, 0.25) is 0 Å². The van der Waals surface area contributed by atoms with Crippen molar-refractivity contribution in [2.45, 2.75) is 69.9 Å². The number of nitrogens with one attached hydrogen (secondary N) is 1. The molecule has 3 rings (SSSR count). The summed E-state index contributed by atoms with van der Waals surface area (Å²) in [5.74, 6) is 0.229. The Morgan fingerprint density at radius 3 is 2.29 bits per heavy atom. The summed E-state index contributed by atoms with van der Waals surface area (Å²) in [4.78, 5) is 26.8. The normalized spacial score (nSPS) is 18.2. The van der Waals surface area contributed by atoms with Crippen LogP contribution in [0, 0.1) is 0 Å². The third kappa shape index (κ3) is 4.59. The molecule has 2 aliphatic carbocycles. The molecule has 0 radical (unpaired) electrons. The summed E-state index contributed by atoms with van der Waals surface area (Å²) in [7, 11) is 0. The minimum atomic E-state index is -0.0608. The van der Waals surface area contributed by atoms with Gasteiger partial charge in [0.05, 0.1) is 0 Å². The first kappa shape index (κ1) is 17.0. The van der Waals surface area contributed by atoms with Gasteiger partial charge in [0.15, 0.2) is 0 Å². The topological polar surface area (TPSA) is 49.4 Å². The molecule has 2 aliphatic rings. The smallest absolute Gasteiger partial charge is 0.251 e. The molecule has 0 aromatic heterocycles. The quantitative estimate of drug-likeness (QED) is 0.779. The van der Waals surface area contributed by atoms with E-state index in [2.05, 4.69) is 10.2 Å². The highest BCUT2D eigenvalue weighted by atomic mass is 16.2. The fraction of sp³-hybridized carbons (Fsp3) is 0.600. The molecule has 0 spiro atoms. The van der Waals surface area contributed by atoms with Gasteiger partial charge in [-0.25, -0.2) is 0 Å². The number of rotatable bonds is 7. The summed E-state index contributed by atoms with van der Waals surface area (Å²) in [6, 6.07) is 10.2. The molecule has 4 heteroatoms. The Balaban J connectivity index is 1.42. The summed E-state index contributed by atoms with van der Waals surface area (Å²) in [5.41, 5.74) is 0.672. The predicted molar refractivity (Wildman–Crippen MR) is 94.8 cm³/mol. The van der Waals surface area contributed by atoms with E-state index in [1.165, 1.54) is 44.9 Å². The number of hydrogen-bond donors (Lipinski definition) is 1. The minimum absolute atomic E-state index is 0.0608. The second kappa shape index (κ2) is 8.32. The maximum atomic E-state index is 12.7. The lowest BCUT2D eigenvalue weighted by molar-refractivity contribution is -0.135. The first-order valence-electron chi connectivity index (χ1n) is 9.40. The van der Waals surface area contributed by atoms with E-state index < -0.39 is 0 Å². The molecule has 1 aromatic rings. The zero-order valence-corrected chi connectivity index (χ0v) is 14.4.